The third kappa shape index (κ3) is 4.47. The molecule has 3 N–H and O–H groups in total. The number of hydrogen-bond donors (Lipinski definition) is 3. The van der Waals surface area contributed by atoms with E-state index in [-0.39, 0.29) is 41.5 Å². The predicted molar refractivity (Wildman–Crippen MR) is 90.4 cm³/mol. The van der Waals surface area contributed by atoms with E-state index in [1.165, 1.54) is 12.1 Å². The third-order valence-electron chi connectivity index (χ3n) is 3.77. The molecule has 0 radical (unpaired) electrons. The number of benzene rings is 1. The summed E-state index contributed by atoms with van der Waals surface area (Å²) in [7, 11) is 1.15. The van der Waals surface area contributed by atoms with Gasteiger partial charge in [-0.15, -0.1) is 0 Å². The summed E-state index contributed by atoms with van der Waals surface area (Å²) in [6.45, 7) is 0. The molecule has 1 aliphatic carbocycles. The standard InChI is InChI=1S/C18H19NO6/c1-25-18(24)12-9-10-14(21)16(17(12)23)19-15(22)8-4-7-13(20)11-5-2-3-6-11/h2-3,5-6,9-11,21,23H,4,7-8H2,1H3,(H,19,22). The smallest absolute Gasteiger partial charge is 0.341 e. The van der Waals surface area contributed by atoms with E-state index in [4.69, 9.17) is 0 Å². The second-order valence-corrected chi connectivity index (χ2v) is 5.51. The van der Waals surface area contributed by atoms with Crippen LogP contribution in [0.4, 0.5) is 5.69 Å². The van der Waals surface area contributed by atoms with Crippen molar-refractivity contribution in [2.75, 3.05) is 12.4 Å². The first-order chi connectivity index (χ1) is 11.9. The number of ketones is 1. The molecule has 0 aliphatic heterocycles. The number of nitrogens with one attached hydrogen (secondary N) is 1. The van der Waals surface area contributed by atoms with Crippen LogP contribution < -0.4 is 5.32 Å². The van der Waals surface area contributed by atoms with Gasteiger partial charge in [0.25, 0.3) is 0 Å². The number of phenolic OH excluding ortho intramolecular Hbond substituents is 2. The number of anilines is 1. The summed E-state index contributed by atoms with van der Waals surface area (Å²) < 4.78 is 4.52. The first-order valence-electron chi connectivity index (χ1n) is 7.75. The van der Waals surface area contributed by atoms with Crippen molar-refractivity contribution in [3.63, 3.8) is 0 Å². The molecular formula is C18H19NO6. The van der Waals surface area contributed by atoms with Gasteiger partial charge in [-0.2, -0.15) is 0 Å². The normalized spacial score (nSPS) is 13.0. The van der Waals surface area contributed by atoms with Crippen LogP contribution in [0.15, 0.2) is 36.4 Å². The van der Waals surface area contributed by atoms with Crippen molar-refractivity contribution in [3.05, 3.63) is 42.0 Å². The van der Waals surface area contributed by atoms with Gasteiger partial charge in [0, 0.05) is 12.8 Å². The van der Waals surface area contributed by atoms with Gasteiger partial charge in [-0.05, 0) is 18.6 Å². The summed E-state index contributed by atoms with van der Waals surface area (Å²) in [6.07, 6.45) is 7.79. The Bertz CT molecular complexity index is 738. The topological polar surface area (TPSA) is 113 Å². The Labute approximate surface area is 144 Å². The van der Waals surface area contributed by atoms with Gasteiger partial charge in [-0.3, -0.25) is 9.59 Å². The van der Waals surface area contributed by atoms with E-state index in [1.54, 1.807) is 24.3 Å². The molecule has 0 unspecified atom stereocenters. The Morgan fingerprint density at radius 3 is 2.44 bits per heavy atom. The molecule has 1 aromatic carbocycles. The molecule has 1 aliphatic rings. The number of Topliss-reactive ketones (excluding diaryl/α,β-unsaturated/α-hetero) is 1. The maximum atomic E-state index is 12.0. The van der Waals surface area contributed by atoms with Gasteiger partial charge in [0.2, 0.25) is 5.91 Å². The molecule has 0 atom stereocenters. The second-order valence-electron chi connectivity index (χ2n) is 5.51. The molecule has 1 amide bonds. The van der Waals surface area contributed by atoms with Crippen molar-refractivity contribution in [1.82, 2.24) is 0 Å². The largest absolute Gasteiger partial charge is 0.506 e. The summed E-state index contributed by atoms with van der Waals surface area (Å²) in [4.78, 5) is 35.4. The minimum atomic E-state index is -0.795. The van der Waals surface area contributed by atoms with Crippen LogP contribution in [0.2, 0.25) is 0 Å². The number of methoxy groups -OCH3 is 1. The van der Waals surface area contributed by atoms with E-state index >= 15 is 0 Å². The zero-order valence-electron chi connectivity index (χ0n) is 13.7. The highest BCUT2D eigenvalue weighted by Crippen LogP contribution is 2.36. The number of rotatable bonds is 7. The molecule has 132 valence electrons. The number of esters is 1. The summed E-state index contributed by atoms with van der Waals surface area (Å²) in [6, 6.07) is 2.36. The first-order valence-corrected chi connectivity index (χ1v) is 7.75. The van der Waals surface area contributed by atoms with Crippen LogP contribution >= 0.6 is 0 Å². The Morgan fingerprint density at radius 1 is 1.12 bits per heavy atom. The van der Waals surface area contributed by atoms with E-state index in [0.717, 1.165) is 7.11 Å². The van der Waals surface area contributed by atoms with E-state index in [1.807, 2.05) is 0 Å². The maximum absolute atomic E-state index is 12.0. The number of carbonyl (C=O) groups is 3. The number of aromatic hydroxyl groups is 2. The zero-order chi connectivity index (χ0) is 18.4. The van der Waals surface area contributed by atoms with Crippen molar-refractivity contribution in [3.8, 4) is 11.5 Å². The monoisotopic (exact) mass is 345 g/mol. The lowest BCUT2D eigenvalue weighted by atomic mass is 10.0. The fraction of sp³-hybridized carbons (Fsp3) is 0.278. The zero-order valence-corrected chi connectivity index (χ0v) is 13.7. The van der Waals surface area contributed by atoms with Gasteiger partial charge < -0.3 is 20.3 Å². The van der Waals surface area contributed by atoms with Crippen molar-refractivity contribution in [2.24, 2.45) is 5.92 Å². The molecule has 0 aromatic heterocycles. The Morgan fingerprint density at radius 2 is 1.80 bits per heavy atom. The van der Waals surface area contributed by atoms with Gasteiger partial charge >= 0.3 is 5.97 Å². The van der Waals surface area contributed by atoms with Crippen LogP contribution in [-0.4, -0.2) is 35.0 Å². The Kier molecular flexibility index (Phi) is 5.94. The van der Waals surface area contributed by atoms with Crippen molar-refractivity contribution in [2.45, 2.75) is 19.3 Å². The highest BCUT2D eigenvalue weighted by atomic mass is 16.5. The van der Waals surface area contributed by atoms with Crippen molar-refractivity contribution in [1.29, 1.82) is 0 Å². The quantitative estimate of drug-likeness (QED) is 0.516. The van der Waals surface area contributed by atoms with Gasteiger partial charge in [-0.1, -0.05) is 24.3 Å². The third-order valence-corrected chi connectivity index (χ3v) is 3.77. The molecule has 25 heavy (non-hydrogen) atoms. The van der Waals surface area contributed by atoms with E-state index < -0.39 is 17.6 Å². The van der Waals surface area contributed by atoms with E-state index in [9.17, 15) is 24.6 Å². The second kappa shape index (κ2) is 8.14. The number of ether oxygens (including phenoxy) is 1. The van der Waals surface area contributed by atoms with E-state index in [2.05, 4.69) is 10.1 Å². The molecule has 0 saturated heterocycles. The highest BCUT2D eigenvalue weighted by molar-refractivity contribution is 6.00. The molecule has 0 bridgehead atoms. The molecule has 7 nitrogen and oxygen atoms in total. The van der Waals surface area contributed by atoms with Crippen LogP contribution in [0.3, 0.4) is 0 Å². The van der Waals surface area contributed by atoms with Crippen LogP contribution in [0.25, 0.3) is 0 Å². The van der Waals surface area contributed by atoms with Gasteiger partial charge in [0.05, 0.1) is 13.0 Å². The Balaban J connectivity index is 1.94. The minimum Gasteiger partial charge on any atom is -0.506 e. The molecule has 0 spiro atoms. The summed E-state index contributed by atoms with van der Waals surface area (Å²) in [5, 5.41) is 22.2. The maximum Gasteiger partial charge on any atom is 0.341 e. The van der Waals surface area contributed by atoms with Gasteiger partial charge in [0.15, 0.2) is 5.75 Å². The Hall–Kier alpha value is -3.09. The molecule has 0 saturated carbocycles. The fourth-order valence-corrected chi connectivity index (χ4v) is 2.42. The minimum absolute atomic E-state index is 0.0242. The molecule has 0 heterocycles. The number of allylic oxidation sites excluding steroid dienone is 4. The fourth-order valence-electron chi connectivity index (χ4n) is 2.42. The van der Waals surface area contributed by atoms with Gasteiger partial charge in [-0.25, -0.2) is 4.79 Å². The molecule has 1 aromatic rings. The van der Waals surface area contributed by atoms with Gasteiger partial charge in [0.1, 0.15) is 22.8 Å². The van der Waals surface area contributed by atoms with Crippen molar-refractivity contribution >= 4 is 23.3 Å². The predicted octanol–water partition coefficient (Wildman–Crippen LogP) is 2.30. The van der Waals surface area contributed by atoms with E-state index in [0.29, 0.717) is 6.42 Å². The number of hydrogen-bond acceptors (Lipinski definition) is 6. The summed E-state index contributed by atoms with van der Waals surface area (Å²) in [5.74, 6) is -2.44. The molecule has 2 rings (SSSR count). The lowest BCUT2D eigenvalue weighted by Gasteiger charge is -2.12. The molecule has 7 heteroatoms. The first kappa shape index (κ1) is 18.3. The average Bonchev–Trinajstić information content (AvgIpc) is 3.12. The highest BCUT2D eigenvalue weighted by Gasteiger charge is 2.20. The number of amides is 1. The van der Waals surface area contributed by atoms with Crippen LogP contribution in [-0.2, 0) is 14.3 Å². The summed E-state index contributed by atoms with van der Waals surface area (Å²) in [5.41, 5.74) is -0.438. The average molecular weight is 345 g/mol. The molecular weight excluding hydrogens is 326 g/mol. The lowest BCUT2D eigenvalue weighted by Crippen LogP contribution is -2.14. The van der Waals surface area contributed by atoms with Crippen LogP contribution in [0.5, 0.6) is 11.5 Å². The lowest BCUT2D eigenvalue weighted by molar-refractivity contribution is -0.120. The van der Waals surface area contributed by atoms with Crippen molar-refractivity contribution < 1.29 is 29.3 Å². The number of carbonyl (C=O) groups excluding carboxylic acids is 3. The molecule has 0 fully saturated rings. The summed E-state index contributed by atoms with van der Waals surface area (Å²) >= 11 is 0. The SMILES string of the molecule is COC(=O)c1ccc(O)c(NC(=O)CCCC(=O)C2C=CC=C2)c1O. The van der Waals surface area contributed by atoms with Crippen LogP contribution in [0, 0.1) is 5.92 Å². The number of phenols is 2. The van der Waals surface area contributed by atoms with Crippen LogP contribution in [0.1, 0.15) is 29.6 Å².